The highest BCUT2D eigenvalue weighted by atomic mass is 16.4. The molecule has 0 saturated heterocycles. The molecule has 0 aliphatic rings. The van der Waals surface area contributed by atoms with Crippen molar-refractivity contribution in [3.05, 3.63) is 41.5 Å². The van der Waals surface area contributed by atoms with Crippen LogP contribution in [0.5, 0.6) is 0 Å². The van der Waals surface area contributed by atoms with E-state index in [1.165, 1.54) is 0 Å². The van der Waals surface area contributed by atoms with Crippen molar-refractivity contribution < 1.29 is 14.3 Å². The Hall–Kier alpha value is -2.10. The second kappa shape index (κ2) is 3.81. The lowest BCUT2D eigenvalue weighted by Gasteiger charge is -1.98. The van der Waals surface area contributed by atoms with Gasteiger partial charge in [-0.3, -0.25) is 0 Å². The summed E-state index contributed by atoms with van der Waals surface area (Å²) in [6.45, 7) is 3.67. The topological polar surface area (TPSA) is 63.3 Å². The maximum absolute atomic E-state index is 10.7. The van der Waals surface area contributed by atoms with Gasteiger partial charge in [-0.15, -0.1) is 0 Å². The molecule has 0 atom stereocenters. The van der Waals surface area contributed by atoms with Gasteiger partial charge in [-0.05, 0) is 19.9 Å². The molecule has 2 rings (SSSR count). The van der Waals surface area contributed by atoms with E-state index in [9.17, 15) is 4.79 Å². The number of hydrogen-bond donors (Lipinski definition) is 1. The van der Waals surface area contributed by atoms with Crippen LogP contribution in [0.4, 0.5) is 0 Å². The molecule has 2 aromatic rings. The Balaban J connectivity index is 2.52. The fraction of sp³-hybridized carbons (Fsp3) is 0.167. The lowest BCUT2D eigenvalue weighted by molar-refractivity contribution is 0.0652. The molecular formula is C12H11NO3. The van der Waals surface area contributed by atoms with Crippen LogP contribution in [0.25, 0.3) is 11.3 Å². The number of benzene rings is 1. The predicted octanol–water partition coefficient (Wildman–Crippen LogP) is 2.66. The molecule has 0 spiro atoms. The van der Waals surface area contributed by atoms with Gasteiger partial charge in [0.2, 0.25) is 0 Å². The van der Waals surface area contributed by atoms with Gasteiger partial charge in [0, 0.05) is 5.56 Å². The van der Waals surface area contributed by atoms with E-state index in [2.05, 4.69) is 4.98 Å². The molecule has 0 aliphatic heterocycles. The number of nitrogens with zero attached hydrogens (tertiary/aromatic N) is 1. The Labute approximate surface area is 92.6 Å². The van der Waals surface area contributed by atoms with Gasteiger partial charge in [-0.25, -0.2) is 9.78 Å². The first kappa shape index (κ1) is 10.4. The van der Waals surface area contributed by atoms with Crippen LogP contribution in [0.2, 0.25) is 0 Å². The molecule has 0 bridgehead atoms. The van der Waals surface area contributed by atoms with Crippen molar-refractivity contribution in [2.45, 2.75) is 13.8 Å². The van der Waals surface area contributed by atoms with Gasteiger partial charge >= 0.3 is 11.9 Å². The lowest BCUT2D eigenvalue weighted by atomic mass is 10.1. The van der Waals surface area contributed by atoms with Gasteiger partial charge in [0.15, 0.2) is 0 Å². The van der Waals surface area contributed by atoms with Crippen molar-refractivity contribution in [1.29, 1.82) is 0 Å². The quantitative estimate of drug-likeness (QED) is 0.839. The third-order valence-electron chi connectivity index (χ3n) is 2.27. The van der Waals surface area contributed by atoms with E-state index in [-0.39, 0.29) is 5.89 Å². The smallest absolute Gasteiger partial charge is 0.392 e. The Kier molecular flexibility index (Phi) is 2.48. The van der Waals surface area contributed by atoms with E-state index in [1.807, 2.05) is 31.2 Å². The zero-order chi connectivity index (χ0) is 11.7. The minimum absolute atomic E-state index is 0.269. The van der Waals surface area contributed by atoms with Crippen molar-refractivity contribution in [2.24, 2.45) is 0 Å². The van der Waals surface area contributed by atoms with Crippen molar-refractivity contribution >= 4 is 5.97 Å². The normalized spacial score (nSPS) is 10.4. The van der Waals surface area contributed by atoms with Crippen LogP contribution in [0.1, 0.15) is 22.0 Å². The van der Waals surface area contributed by atoms with Crippen molar-refractivity contribution in [3.8, 4) is 11.3 Å². The number of carboxylic acid groups (broad SMARTS) is 1. The van der Waals surface area contributed by atoms with Crippen molar-refractivity contribution in [1.82, 2.24) is 4.98 Å². The van der Waals surface area contributed by atoms with E-state index in [4.69, 9.17) is 9.52 Å². The molecule has 82 valence electrons. The van der Waals surface area contributed by atoms with Gasteiger partial charge in [-0.1, -0.05) is 23.8 Å². The first-order valence-corrected chi connectivity index (χ1v) is 4.85. The van der Waals surface area contributed by atoms with E-state index in [0.29, 0.717) is 11.5 Å². The molecule has 0 amide bonds. The minimum atomic E-state index is -1.15. The van der Waals surface area contributed by atoms with Gasteiger partial charge < -0.3 is 9.52 Å². The van der Waals surface area contributed by atoms with Crippen molar-refractivity contribution in [3.63, 3.8) is 0 Å². The third-order valence-corrected chi connectivity index (χ3v) is 2.27. The summed E-state index contributed by atoms with van der Waals surface area (Å²) in [5.74, 6) is -0.904. The summed E-state index contributed by atoms with van der Waals surface area (Å²) in [6, 6.07) is 7.69. The zero-order valence-corrected chi connectivity index (χ0v) is 9.02. The first-order valence-electron chi connectivity index (χ1n) is 4.85. The number of hydrogen-bond acceptors (Lipinski definition) is 3. The number of aromatic nitrogens is 1. The average molecular weight is 217 g/mol. The monoisotopic (exact) mass is 217 g/mol. The van der Waals surface area contributed by atoms with Crippen molar-refractivity contribution in [2.75, 3.05) is 0 Å². The van der Waals surface area contributed by atoms with Gasteiger partial charge in [0.05, 0.1) is 0 Å². The molecule has 0 radical (unpaired) electrons. The summed E-state index contributed by atoms with van der Waals surface area (Å²) >= 11 is 0. The largest absolute Gasteiger partial charge is 0.474 e. The molecule has 1 N–H and O–H groups in total. The molecule has 0 fully saturated rings. The summed E-state index contributed by atoms with van der Waals surface area (Å²) in [5.41, 5.74) is 2.55. The fourth-order valence-electron chi connectivity index (χ4n) is 1.55. The van der Waals surface area contributed by atoms with E-state index < -0.39 is 5.97 Å². The molecule has 4 nitrogen and oxygen atoms in total. The number of aromatic carboxylic acids is 1. The highest BCUT2D eigenvalue weighted by molar-refractivity contribution is 5.83. The van der Waals surface area contributed by atoms with Crippen LogP contribution in [0.15, 0.2) is 28.7 Å². The summed E-state index contributed by atoms with van der Waals surface area (Å²) in [6.07, 6.45) is 0. The highest BCUT2D eigenvalue weighted by Gasteiger charge is 2.16. The SMILES string of the molecule is Cc1cccc(-c2nc(C(=O)O)oc2C)c1. The summed E-state index contributed by atoms with van der Waals surface area (Å²) in [7, 11) is 0. The minimum Gasteiger partial charge on any atom is -0.474 e. The van der Waals surface area contributed by atoms with E-state index in [1.54, 1.807) is 6.92 Å². The zero-order valence-electron chi connectivity index (χ0n) is 9.02. The fourth-order valence-corrected chi connectivity index (χ4v) is 1.55. The molecule has 1 aromatic carbocycles. The molecule has 0 unspecified atom stereocenters. The first-order chi connectivity index (χ1) is 7.58. The second-order valence-corrected chi connectivity index (χ2v) is 3.60. The molecule has 4 heteroatoms. The standard InChI is InChI=1S/C12H11NO3/c1-7-4-3-5-9(6-7)10-8(2)16-11(13-10)12(14)15/h3-6H,1-2H3,(H,14,15). The number of carbonyl (C=O) groups is 1. The maximum Gasteiger partial charge on any atom is 0.392 e. The van der Waals surface area contributed by atoms with Gasteiger partial charge in [-0.2, -0.15) is 0 Å². The Morgan fingerprint density at radius 3 is 2.69 bits per heavy atom. The van der Waals surface area contributed by atoms with Gasteiger partial charge in [0.25, 0.3) is 0 Å². The summed E-state index contributed by atoms with van der Waals surface area (Å²) < 4.78 is 5.06. The number of oxazole rings is 1. The van der Waals surface area contributed by atoms with Crippen LogP contribution >= 0.6 is 0 Å². The molecule has 0 saturated carbocycles. The van der Waals surface area contributed by atoms with Crippen LogP contribution in [0, 0.1) is 13.8 Å². The lowest BCUT2D eigenvalue weighted by Crippen LogP contribution is -1.95. The second-order valence-electron chi connectivity index (χ2n) is 3.60. The van der Waals surface area contributed by atoms with Crippen LogP contribution in [-0.2, 0) is 0 Å². The van der Waals surface area contributed by atoms with Crippen LogP contribution in [0.3, 0.4) is 0 Å². The Morgan fingerprint density at radius 2 is 2.12 bits per heavy atom. The number of rotatable bonds is 2. The Morgan fingerprint density at radius 1 is 1.38 bits per heavy atom. The Bertz CT molecular complexity index is 543. The van der Waals surface area contributed by atoms with Crippen LogP contribution in [-0.4, -0.2) is 16.1 Å². The maximum atomic E-state index is 10.7. The van der Waals surface area contributed by atoms with E-state index >= 15 is 0 Å². The average Bonchev–Trinajstić information content (AvgIpc) is 2.60. The number of aryl methyl sites for hydroxylation is 2. The van der Waals surface area contributed by atoms with E-state index in [0.717, 1.165) is 11.1 Å². The predicted molar refractivity (Wildman–Crippen MR) is 58.4 cm³/mol. The molecule has 0 aliphatic carbocycles. The third kappa shape index (κ3) is 1.82. The molecular weight excluding hydrogens is 206 g/mol. The summed E-state index contributed by atoms with van der Waals surface area (Å²) in [5, 5.41) is 8.77. The molecule has 1 heterocycles. The number of carboxylic acids is 1. The van der Waals surface area contributed by atoms with Crippen LogP contribution < -0.4 is 0 Å². The summed E-state index contributed by atoms with van der Waals surface area (Å²) in [4.78, 5) is 14.7. The molecule has 16 heavy (non-hydrogen) atoms. The highest BCUT2D eigenvalue weighted by Crippen LogP contribution is 2.23. The molecule has 1 aromatic heterocycles. The van der Waals surface area contributed by atoms with Gasteiger partial charge in [0.1, 0.15) is 11.5 Å².